The second-order valence-electron chi connectivity index (χ2n) is 3.23. The van der Waals surface area contributed by atoms with E-state index in [1.165, 1.54) is 0 Å². The van der Waals surface area contributed by atoms with E-state index in [4.69, 9.17) is 11.6 Å². The molecule has 0 radical (unpaired) electrons. The van der Waals surface area contributed by atoms with Crippen LogP contribution in [0, 0.1) is 0 Å². The van der Waals surface area contributed by atoms with Crippen LogP contribution >= 0.6 is 11.6 Å². The van der Waals surface area contributed by atoms with Crippen LogP contribution in [-0.4, -0.2) is 23.6 Å². The van der Waals surface area contributed by atoms with Gasteiger partial charge in [0.25, 0.3) is 0 Å². The maximum Gasteiger partial charge on any atom is 0.134 e. The first-order valence-electron chi connectivity index (χ1n) is 4.92. The number of aromatic nitrogens is 2. The zero-order valence-electron chi connectivity index (χ0n) is 8.92. The maximum atomic E-state index is 5.91. The van der Waals surface area contributed by atoms with Gasteiger partial charge in [0.05, 0.1) is 0 Å². The summed E-state index contributed by atoms with van der Waals surface area (Å²) in [5.41, 5.74) is 0. The average Bonchev–Trinajstić information content (AvgIpc) is 2.16. The van der Waals surface area contributed by atoms with Crippen molar-refractivity contribution >= 4 is 17.4 Å². The third-order valence-electron chi connectivity index (χ3n) is 2.07. The Morgan fingerprint density at radius 3 is 2.64 bits per heavy atom. The number of aryl methyl sites for hydroxylation is 1. The second kappa shape index (κ2) is 5.15. The number of halogens is 1. The summed E-state index contributed by atoms with van der Waals surface area (Å²) in [5.74, 6) is 1.73. The van der Waals surface area contributed by atoms with Gasteiger partial charge in [0.15, 0.2) is 0 Å². The molecule has 0 bridgehead atoms. The Hall–Kier alpha value is -0.830. The summed E-state index contributed by atoms with van der Waals surface area (Å²) in [6.07, 6.45) is 1.92. The molecule has 0 aliphatic carbocycles. The molecule has 0 N–H and O–H groups in total. The van der Waals surface area contributed by atoms with E-state index in [0.717, 1.165) is 31.0 Å². The van der Waals surface area contributed by atoms with Gasteiger partial charge in [-0.15, -0.1) is 0 Å². The van der Waals surface area contributed by atoms with Gasteiger partial charge < -0.3 is 4.90 Å². The van der Waals surface area contributed by atoms with Crippen LogP contribution in [0.15, 0.2) is 6.07 Å². The fourth-order valence-corrected chi connectivity index (χ4v) is 1.34. The van der Waals surface area contributed by atoms with Gasteiger partial charge in [0.2, 0.25) is 0 Å². The van der Waals surface area contributed by atoms with Crippen molar-refractivity contribution in [3.05, 3.63) is 17.0 Å². The van der Waals surface area contributed by atoms with Crippen molar-refractivity contribution in [3.63, 3.8) is 0 Å². The predicted molar refractivity (Wildman–Crippen MR) is 60.0 cm³/mol. The molecule has 1 rings (SSSR count). The van der Waals surface area contributed by atoms with Crippen LogP contribution in [0.4, 0.5) is 5.82 Å². The SMILES string of the molecule is CCCc1nc(Cl)cc(N(C)CC)n1. The van der Waals surface area contributed by atoms with Crippen molar-refractivity contribution in [2.75, 3.05) is 18.5 Å². The Kier molecular flexibility index (Phi) is 4.14. The minimum absolute atomic E-state index is 0.527. The lowest BCUT2D eigenvalue weighted by molar-refractivity contribution is 0.819. The molecule has 78 valence electrons. The van der Waals surface area contributed by atoms with E-state index < -0.39 is 0 Å². The third kappa shape index (κ3) is 2.84. The van der Waals surface area contributed by atoms with Gasteiger partial charge >= 0.3 is 0 Å². The quantitative estimate of drug-likeness (QED) is 0.720. The highest BCUT2D eigenvalue weighted by molar-refractivity contribution is 6.29. The van der Waals surface area contributed by atoms with Gasteiger partial charge in [-0.3, -0.25) is 0 Å². The molecule has 0 atom stereocenters. The minimum atomic E-state index is 0.527. The number of anilines is 1. The molecule has 3 nitrogen and oxygen atoms in total. The van der Waals surface area contributed by atoms with Crippen molar-refractivity contribution in [2.24, 2.45) is 0 Å². The highest BCUT2D eigenvalue weighted by atomic mass is 35.5. The normalized spacial score (nSPS) is 10.3. The molecule has 4 heteroatoms. The van der Waals surface area contributed by atoms with E-state index in [9.17, 15) is 0 Å². The molecule has 0 spiro atoms. The summed E-state index contributed by atoms with van der Waals surface area (Å²) >= 11 is 5.91. The molecule has 1 aromatic heterocycles. The molecular formula is C10H16ClN3. The molecule has 0 aliphatic heterocycles. The van der Waals surface area contributed by atoms with Crippen molar-refractivity contribution in [1.82, 2.24) is 9.97 Å². The Bertz CT molecular complexity index is 301. The molecular weight excluding hydrogens is 198 g/mol. The Balaban J connectivity index is 2.94. The van der Waals surface area contributed by atoms with Crippen LogP contribution in [0.1, 0.15) is 26.1 Å². The van der Waals surface area contributed by atoms with Crippen LogP contribution in [0.5, 0.6) is 0 Å². The average molecular weight is 214 g/mol. The van der Waals surface area contributed by atoms with E-state index in [0.29, 0.717) is 5.15 Å². The summed E-state index contributed by atoms with van der Waals surface area (Å²) in [6, 6.07) is 1.80. The monoisotopic (exact) mass is 213 g/mol. The zero-order chi connectivity index (χ0) is 10.6. The lowest BCUT2D eigenvalue weighted by Gasteiger charge is -2.16. The number of hydrogen-bond donors (Lipinski definition) is 0. The van der Waals surface area contributed by atoms with E-state index >= 15 is 0 Å². The number of hydrogen-bond acceptors (Lipinski definition) is 3. The number of nitrogens with zero attached hydrogens (tertiary/aromatic N) is 3. The summed E-state index contributed by atoms with van der Waals surface area (Å²) < 4.78 is 0. The smallest absolute Gasteiger partial charge is 0.134 e. The van der Waals surface area contributed by atoms with Gasteiger partial charge in [-0.2, -0.15) is 0 Å². The topological polar surface area (TPSA) is 29.0 Å². The van der Waals surface area contributed by atoms with Gasteiger partial charge in [-0.1, -0.05) is 18.5 Å². The van der Waals surface area contributed by atoms with Crippen LogP contribution in [-0.2, 0) is 6.42 Å². The van der Waals surface area contributed by atoms with Crippen molar-refractivity contribution < 1.29 is 0 Å². The Labute approximate surface area is 90.1 Å². The van der Waals surface area contributed by atoms with E-state index in [1.54, 1.807) is 6.07 Å². The van der Waals surface area contributed by atoms with Crippen molar-refractivity contribution in [3.8, 4) is 0 Å². The molecule has 14 heavy (non-hydrogen) atoms. The van der Waals surface area contributed by atoms with Gasteiger partial charge in [0.1, 0.15) is 16.8 Å². The first-order chi connectivity index (χ1) is 6.67. The highest BCUT2D eigenvalue weighted by Crippen LogP contribution is 2.15. The van der Waals surface area contributed by atoms with Gasteiger partial charge in [-0.25, -0.2) is 9.97 Å². The molecule has 0 unspecified atom stereocenters. The summed E-state index contributed by atoms with van der Waals surface area (Å²) in [5, 5.41) is 0.527. The molecule has 0 saturated heterocycles. The first-order valence-corrected chi connectivity index (χ1v) is 5.29. The predicted octanol–water partition coefficient (Wildman–Crippen LogP) is 2.54. The van der Waals surface area contributed by atoms with E-state index in [2.05, 4.69) is 23.8 Å². The lowest BCUT2D eigenvalue weighted by atomic mass is 10.3. The van der Waals surface area contributed by atoms with Crippen molar-refractivity contribution in [1.29, 1.82) is 0 Å². The zero-order valence-corrected chi connectivity index (χ0v) is 9.67. The third-order valence-corrected chi connectivity index (χ3v) is 2.26. The second-order valence-corrected chi connectivity index (χ2v) is 3.62. The van der Waals surface area contributed by atoms with E-state index in [-0.39, 0.29) is 0 Å². The fraction of sp³-hybridized carbons (Fsp3) is 0.600. The minimum Gasteiger partial charge on any atom is -0.360 e. The van der Waals surface area contributed by atoms with Crippen LogP contribution in [0.3, 0.4) is 0 Å². The summed E-state index contributed by atoms with van der Waals surface area (Å²) in [7, 11) is 1.99. The largest absolute Gasteiger partial charge is 0.360 e. The van der Waals surface area contributed by atoms with Gasteiger partial charge in [-0.05, 0) is 13.3 Å². The molecule has 0 aromatic carbocycles. The van der Waals surface area contributed by atoms with Crippen LogP contribution in [0.25, 0.3) is 0 Å². The molecule has 0 amide bonds. The Morgan fingerprint density at radius 1 is 1.36 bits per heavy atom. The summed E-state index contributed by atoms with van der Waals surface area (Å²) in [4.78, 5) is 10.6. The van der Waals surface area contributed by atoms with Crippen molar-refractivity contribution in [2.45, 2.75) is 26.7 Å². The lowest BCUT2D eigenvalue weighted by Crippen LogP contribution is -2.18. The van der Waals surface area contributed by atoms with Crippen LogP contribution in [0.2, 0.25) is 5.15 Å². The highest BCUT2D eigenvalue weighted by Gasteiger charge is 2.05. The molecule has 1 aromatic rings. The van der Waals surface area contributed by atoms with E-state index in [1.807, 2.05) is 11.9 Å². The van der Waals surface area contributed by atoms with Crippen LogP contribution < -0.4 is 4.90 Å². The molecule has 0 aliphatic rings. The molecule has 0 saturated carbocycles. The fourth-order valence-electron chi connectivity index (χ4n) is 1.14. The molecule has 1 heterocycles. The maximum absolute atomic E-state index is 5.91. The standard InChI is InChI=1S/C10H16ClN3/c1-4-6-9-12-8(11)7-10(13-9)14(3)5-2/h7H,4-6H2,1-3H3. The van der Waals surface area contributed by atoms with Gasteiger partial charge in [0, 0.05) is 26.1 Å². The number of rotatable bonds is 4. The summed E-state index contributed by atoms with van der Waals surface area (Å²) in [6.45, 7) is 5.10. The first kappa shape index (κ1) is 11.2. The molecule has 0 fully saturated rings. The Morgan fingerprint density at radius 2 is 2.07 bits per heavy atom.